The van der Waals surface area contributed by atoms with Gasteiger partial charge >= 0.3 is 0 Å². The number of para-hydroxylation sites is 1. The van der Waals surface area contributed by atoms with Crippen LogP contribution in [0.4, 0.5) is 5.69 Å². The smallest absolute Gasteiger partial charge is 0.274 e. The van der Waals surface area contributed by atoms with Crippen LogP contribution in [0.3, 0.4) is 0 Å². The molecular formula is C32H33N7O2S. The molecule has 0 saturated carbocycles. The number of hydrogen-bond donors (Lipinski definition) is 1. The number of pyridine rings is 1. The molecule has 1 amide bonds. The maximum atomic E-state index is 13.4. The van der Waals surface area contributed by atoms with E-state index in [1.165, 1.54) is 11.3 Å². The minimum Gasteiger partial charge on any atom is -0.383 e. The van der Waals surface area contributed by atoms with E-state index in [1.54, 1.807) is 13.2 Å². The van der Waals surface area contributed by atoms with E-state index >= 15 is 0 Å². The van der Waals surface area contributed by atoms with Crippen molar-refractivity contribution in [1.29, 1.82) is 0 Å². The quantitative estimate of drug-likeness (QED) is 0.257. The van der Waals surface area contributed by atoms with Gasteiger partial charge < -0.3 is 10.1 Å². The van der Waals surface area contributed by atoms with Crippen LogP contribution in [0.15, 0.2) is 72.9 Å². The number of carbonyl (C=O) groups is 1. The number of amides is 1. The van der Waals surface area contributed by atoms with Crippen LogP contribution >= 0.6 is 11.3 Å². The highest BCUT2D eigenvalue weighted by atomic mass is 32.1. The fourth-order valence-corrected chi connectivity index (χ4v) is 6.01. The summed E-state index contributed by atoms with van der Waals surface area (Å²) in [6.07, 6.45) is 1.96. The number of fused-ring (bicyclic) bond motifs is 1. The first kappa shape index (κ1) is 28.0. The van der Waals surface area contributed by atoms with E-state index in [0.29, 0.717) is 17.2 Å². The molecule has 1 N–H and O–H groups in total. The molecule has 0 bridgehead atoms. The standard InChI is InChI=1S/C32H33N7O2S/c1-22-18-27(35-29(34-22)24-8-4-3-5-9-24)30(40)36-26-11-7-6-10-25(26)31-37-28-19-23(20-33-32(28)42-31)21-39-14-12-38(13-15-39)16-17-41-2/h3-11,18-20H,12-17,21H2,1-2H3,(H,36,40). The van der Waals surface area contributed by atoms with Crippen LogP contribution < -0.4 is 5.32 Å². The van der Waals surface area contributed by atoms with Crippen LogP contribution in [0.5, 0.6) is 0 Å². The van der Waals surface area contributed by atoms with Gasteiger partial charge in [-0.3, -0.25) is 14.6 Å². The molecule has 0 unspecified atom stereocenters. The second-order valence-corrected chi connectivity index (χ2v) is 11.4. The average molecular weight is 580 g/mol. The summed E-state index contributed by atoms with van der Waals surface area (Å²) in [4.78, 5) is 37.9. The van der Waals surface area contributed by atoms with Crippen molar-refractivity contribution in [3.63, 3.8) is 0 Å². The molecule has 0 atom stereocenters. The van der Waals surface area contributed by atoms with Crippen LogP contribution in [0.25, 0.3) is 32.3 Å². The van der Waals surface area contributed by atoms with Crippen LogP contribution in [0, 0.1) is 6.92 Å². The lowest BCUT2D eigenvalue weighted by molar-refractivity contribution is 0.0938. The number of piperazine rings is 1. The lowest BCUT2D eigenvalue weighted by Gasteiger charge is -2.34. The highest BCUT2D eigenvalue weighted by molar-refractivity contribution is 7.21. The Morgan fingerprint density at radius 3 is 2.52 bits per heavy atom. The summed E-state index contributed by atoms with van der Waals surface area (Å²) in [6.45, 7) is 8.61. The summed E-state index contributed by atoms with van der Waals surface area (Å²) in [6, 6.07) is 21.2. The zero-order valence-corrected chi connectivity index (χ0v) is 24.6. The number of anilines is 1. The first-order valence-corrected chi connectivity index (χ1v) is 14.9. The van der Waals surface area contributed by atoms with E-state index < -0.39 is 0 Å². The molecule has 214 valence electrons. The Bertz CT molecular complexity index is 1680. The highest BCUT2D eigenvalue weighted by Gasteiger charge is 2.19. The van der Waals surface area contributed by atoms with Gasteiger partial charge in [-0.15, -0.1) is 0 Å². The monoisotopic (exact) mass is 579 g/mol. The van der Waals surface area contributed by atoms with E-state index in [4.69, 9.17) is 14.7 Å². The Hall–Kier alpha value is -4.09. The molecule has 3 aromatic heterocycles. The van der Waals surface area contributed by atoms with Gasteiger partial charge in [0.05, 0.1) is 12.3 Å². The SMILES string of the molecule is COCCN1CCN(Cc2cnc3sc(-c4ccccc4NC(=O)c4cc(C)nc(-c5ccccc5)n4)nc3c2)CC1. The number of thiazole rings is 1. The minimum atomic E-state index is -0.297. The van der Waals surface area contributed by atoms with Crippen molar-refractivity contribution >= 4 is 33.3 Å². The van der Waals surface area contributed by atoms with Crippen molar-refractivity contribution < 1.29 is 9.53 Å². The van der Waals surface area contributed by atoms with Crippen molar-refractivity contribution in [2.24, 2.45) is 0 Å². The van der Waals surface area contributed by atoms with Gasteiger partial charge in [-0.2, -0.15) is 0 Å². The molecule has 6 rings (SSSR count). The van der Waals surface area contributed by atoms with Crippen LogP contribution in [0.2, 0.25) is 0 Å². The van der Waals surface area contributed by atoms with E-state index in [2.05, 4.69) is 31.2 Å². The van der Waals surface area contributed by atoms with Gasteiger partial charge in [0.2, 0.25) is 0 Å². The molecule has 5 aromatic rings. The van der Waals surface area contributed by atoms with Gasteiger partial charge in [-0.1, -0.05) is 53.8 Å². The number of hydrogen-bond acceptors (Lipinski definition) is 9. The van der Waals surface area contributed by atoms with Crippen LogP contribution in [-0.4, -0.2) is 82.1 Å². The molecule has 0 radical (unpaired) electrons. The first-order chi connectivity index (χ1) is 20.6. The van der Waals surface area contributed by atoms with E-state index in [0.717, 1.165) is 83.6 Å². The third-order valence-electron chi connectivity index (χ3n) is 7.31. The van der Waals surface area contributed by atoms with Gasteiger partial charge in [-0.25, -0.2) is 19.9 Å². The van der Waals surface area contributed by atoms with Gasteiger partial charge in [0.1, 0.15) is 21.0 Å². The zero-order valence-electron chi connectivity index (χ0n) is 23.8. The summed E-state index contributed by atoms with van der Waals surface area (Å²) >= 11 is 1.52. The molecule has 9 nitrogen and oxygen atoms in total. The van der Waals surface area contributed by atoms with Crippen LogP contribution in [-0.2, 0) is 11.3 Å². The van der Waals surface area contributed by atoms with Gasteiger partial charge in [-0.05, 0) is 36.8 Å². The third kappa shape index (κ3) is 6.52. The zero-order chi connectivity index (χ0) is 28.9. The Morgan fingerprint density at radius 1 is 0.952 bits per heavy atom. The van der Waals surface area contributed by atoms with Crippen molar-refractivity contribution in [1.82, 2.24) is 29.7 Å². The number of aryl methyl sites for hydroxylation is 1. The van der Waals surface area contributed by atoms with Crippen molar-refractivity contribution in [2.45, 2.75) is 13.5 Å². The molecule has 2 aromatic carbocycles. The van der Waals surface area contributed by atoms with Gasteiger partial charge in [0, 0.05) is 69.4 Å². The maximum Gasteiger partial charge on any atom is 0.274 e. The molecule has 4 heterocycles. The van der Waals surface area contributed by atoms with E-state index in [9.17, 15) is 4.79 Å². The fraction of sp³-hybridized carbons (Fsp3) is 0.281. The normalized spacial score (nSPS) is 14.3. The van der Waals surface area contributed by atoms with Gasteiger partial charge in [0.15, 0.2) is 5.82 Å². The number of nitrogens with zero attached hydrogens (tertiary/aromatic N) is 6. The number of carbonyl (C=O) groups excluding carboxylic acids is 1. The molecule has 1 aliphatic heterocycles. The predicted molar refractivity (Wildman–Crippen MR) is 167 cm³/mol. The molecule has 0 aliphatic carbocycles. The Labute approximate surface area is 249 Å². The average Bonchev–Trinajstić information content (AvgIpc) is 3.44. The number of ether oxygens (including phenoxy) is 1. The predicted octanol–water partition coefficient (Wildman–Crippen LogP) is 5.14. The summed E-state index contributed by atoms with van der Waals surface area (Å²) in [7, 11) is 1.75. The molecular weight excluding hydrogens is 546 g/mol. The number of benzene rings is 2. The molecule has 10 heteroatoms. The molecule has 0 spiro atoms. The summed E-state index contributed by atoms with van der Waals surface area (Å²) in [5, 5.41) is 3.86. The van der Waals surface area contributed by atoms with Crippen molar-refractivity contribution in [3.8, 4) is 22.0 Å². The fourth-order valence-electron chi connectivity index (χ4n) is 5.08. The minimum absolute atomic E-state index is 0.297. The maximum absolute atomic E-state index is 13.4. The molecule has 1 saturated heterocycles. The Balaban J connectivity index is 1.18. The third-order valence-corrected chi connectivity index (χ3v) is 8.32. The van der Waals surface area contributed by atoms with E-state index in [-0.39, 0.29) is 5.91 Å². The summed E-state index contributed by atoms with van der Waals surface area (Å²) in [5.74, 6) is 0.226. The Morgan fingerprint density at radius 2 is 1.71 bits per heavy atom. The second kappa shape index (κ2) is 12.8. The largest absolute Gasteiger partial charge is 0.383 e. The highest BCUT2D eigenvalue weighted by Crippen LogP contribution is 2.34. The van der Waals surface area contributed by atoms with E-state index in [1.807, 2.05) is 67.7 Å². The van der Waals surface area contributed by atoms with Crippen molar-refractivity contribution in [3.05, 3.63) is 89.9 Å². The number of methoxy groups -OCH3 is 1. The number of aromatic nitrogens is 4. The molecule has 1 aliphatic rings. The van der Waals surface area contributed by atoms with Crippen molar-refractivity contribution in [2.75, 3.05) is 51.8 Å². The lowest BCUT2D eigenvalue weighted by Crippen LogP contribution is -2.46. The summed E-state index contributed by atoms with van der Waals surface area (Å²) < 4.78 is 5.22. The first-order valence-electron chi connectivity index (χ1n) is 14.1. The number of rotatable bonds is 9. The lowest BCUT2D eigenvalue weighted by atomic mass is 10.1. The molecule has 42 heavy (non-hydrogen) atoms. The van der Waals surface area contributed by atoms with Gasteiger partial charge in [0.25, 0.3) is 5.91 Å². The topological polar surface area (TPSA) is 96.4 Å². The molecule has 1 fully saturated rings. The second-order valence-electron chi connectivity index (χ2n) is 10.4. The van der Waals surface area contributed by atoms with Crippen LogP contribution in [0.1, 0.15) is 21.7 Å². The summed E-state index contributed by atoms with van der Waals surface area (Å²) in [5.41, 5.74) is 5.43. The number of nitrogens with one attached hydrogen (secondary N) is 1. The Kier molecular flexibility index (Phi) is 8.57.